The Morgan fingerprint density at radius 1 is 0.615 bits per heavy atom. The number of rotatable bonds is 12. The summed E-state index contributed by atoms with van der Waals surface area (Å²) < 4.78 is 0. The van der Waals surface area contributed by atoms with Crippen molar-refractivity contribution >= 4 is 99.7 Å². The number of halogens is 7. The summed E-state index contributed by atoms with van der Waals surface area (Å²) in [5.74, 6) is -1.53. The standard InChI is InChI=1S/C12H18Cl6N4O3.ClH/c13-7(14)10(23)19-1-4-22(5-2-20-11(24)8(15)16)6-3-21-12(25)9(17)18;/h7-9H,1-6H2,(H,19,23)(H,20,24)(H,21,25);1H. The highest BCUT2D eigenvalue weighted by atomic mass is 35.5. The number of alkyl halides is 6. The number of hydrogen-bond donors (Lipinski definition) is 3. The summed E-state index contributed by atoms with van der Waals surface area (Å²) in [5.41, 5.74) is 0. The minimum atomic E-state index is -1.15. The summed E-state index contributed by atoms with van der Waals surface area (Å²) in [7, 11) is 0. The first-order valence-electron chi connectivity index (χ1n) is 7.05. The number of hydrogen-bond acceptors (Lipinski definition) is 4. The SMILES string of the molecule is Cl.O=C(NCCN(CCNC(=O)C(Cl)Cl)CCNC(=O)C(Cl)Cl)C(Cl)Cl. The van der Waals surface area contributed by atoms with Crippen LogP contribution < -0.4 is 16.0 Å². The van der Waals surface area contributed by atoms with Crippen LogP contribution in [0, 0.1) is 0 Å². The van der Waals surface area contributed by atoms with Crippen LogP contribution in [0.15, 0.2) is 0 Å². The number of carbonyl (C=O) groups excluding carboxylic acids is 3. The van der Waals surface area contributed by atoms with Crippen molar-refractivity contribution in [1.82, 2.24) is 20.9 Å². The lowest BCUT2D eigenvalue weighted by molar-refractivity contribution is -0.120. The number of nitrogens with zero attached hydrogens (tertiary/aromatic N) is 1. The molecule has 0 saturated heterocycles. The van der Waals surface area contributed by atoms with E-state index < -0.39 is 32.2 Å². The zero-order chi connectivity index (χ0) is 19.4. The summed E-state index contributed by atoms with van der Waals surface area (Å²) in [6.45, 7) is 2.10. The van der Waals surface area contributed by atoms with Crippen molar-refractivity contribution in [3.8, 4) is 0 Å². The molecule has 0 saturated carbocycles. The molecule has 0 aliphatic heterocycles. The minimum absolute atomic E-state index is 0. The van der Waals surface area contributed by atoms with E-state index in [1.807, 2.05) is 4.90 Å². The lowest BCUT2D eigenvalue weighted by Gasteiger charge is -2.23. The van der Waals surface area contributed by atoms with Crippen molar-refractivity contribution in [2.45, 2.75) is 14.5 Å². The van der Waals surface area contributed by atoms with Crippen molar-refractivity contribution in [3.63, 3.8) is 0 Å². The molecule has 0 aromatic rings. The fraction of sp³-hybridized carbons (Fsp3) is 0.750. The second kappa shape index (κ2) is 16.4. The Bertz CT molecular complexity index is 379. The molecule has 3 N–H and O–H groups in total. The van der Waals surface area contributed by atoms with E-state index in [0.717, 1.165) is 0 Å². The third-order valence-corrected chi connectivity index (χ3v) is 3.97. The van der Waals surface area contributed by atoms with Crippen molar-refractivity contribution in [3.05, 3.63) is 0 Å². The first-order valence-corrected chi connectivity index (χ1v) is 9.67. The van der Waals surface area contributed by atoms with Gasteiger partial charge in [-0.15, -0.1) is 12.4 Å². The van der Waals surface area contributed by atoms with E-state index in [-0.39, 0.29) is 32.0 Å². The van der Waals surface area contributed by atoms with Gasteiger partial charge < -0.3 is 16.0 Å². The Morgan fingerprint density at radius 3 is 1.04 bits per heavy atom. The third-order valence-electron chi connectivity index (χ3n) is 2.78. The highest BCUT2D eigenvalue weighted by Crippen LogP contribution is 2.02. The van der Waals surface area contributed by atoms with Gasteiger partial charge in [0.2, 0.25) is 0 Å². The molecule has 26 heavy (non-hydrogen) atoms. The molecule has 0 atom stereocenters. The van der Waals surface area contributed by atoms with Crippen LogP contribution >= 0.6 is 82.0 Å². The van der Waals surface area contributed by atoms with Crippen molar-refractivity contribution in [2.24, 2.45) is 0 Å². The molecule has 0 radical (unpaired) electrons. The maximum atomic E-state index is 11.3. The average Bonchev–Trinajstić information content (AvgIpc) is 2.53. The van der Waals surface area contributed by atoms with Crippen molar-refractivity contribution < 1.29 is 14.4 Å². The van der Waals surface area contributed by atoms with Gasteiger partial charge in [0.1, 0.15) is 0 Å². The summed E-state index contributed by atoms with van der Waals surface area (Å²) in [6, 6.07) is 0. The van der Waals surface area contributed by atoms with E-state index in [9.17, 15) is 14.4 Å². The summed E-state index contributed by atoms with van der Waals surface area (Å²) >= 11 is 32.6. The molecule has 0 aromatic carbocycles. The van der Waals surface area contributed by atoms with E-state index in [4.69, 9.17) is 69.6 Å². The average molecular weight is 515 g/mol. The van der Waals surface area contributed by atoms with Crippen LogP contribution in [-0.4, -0.2) is 76.4 Å². The van der Waals surface area contributed by atoms with Gasteiger partial charge in [0.15, 0.2) is 14.5 Å². The molecule has 7 nitrogen and oxygen atoms in total. The van der Waals surface area contributed by atoms with Crippen LogP contribution in [-0.2, 0) is 14.4 Å². The monoisotopic (exact) mass is 512 g/mol. The number of nitrogens with one attached hydrogen (secondary N) is 3. The second-order valence-corrected chi connectivity index (χ2v) is 7.91. The molecule has 0 aliphatic carbocycles. The highest BCUT2D eigenvalue weighted by molar-refractivity contribution is 6.54. The molecule has 0 rings (SSSR count). The van der Waals surface area contributed by atoms with Crippen LogP contribution in [0.3, 0.4) is 0 Å². The van der Waals surface area contributed by atoms with E-state index >= 15 is 0 Å². The van der Waals surface area contributed by atoms with Gasteiger partial charge in [-0.3, -0.25) is 19.3 Å². The van der Waals surface area contributed by atoms with E-state index in [1.54, 1.807) is 0 Å². The summed E-state index contributed by atoms with van der Waals surface area (Å²) in [6.07, 6.45) is 0. The zero-order valence-electron chi connectivity index (χ0n) is 13.3. The third kappa shape index (κ3) is 14.5. The van der Waals surface area contributed by atoms with Crippen LogP contribution in [0.25, 0.3) is 0 Å². The molecule has 0 heterocycles. The van der Waals surface area contributed by atoms with E-state index in [2.05, 4.69) is 16.0 Å². The topological polar surface area (TPSA) is 90.5 Å². The quantitative estimate of drug-likeness (QED) is 0.344. The largest absolute Gasteiger partial charge is 0.352 e. The van der Waals surface area contributed by atoms with Crippen LogP contribution in [0.2, 0.25) is 0 Å². The van der Waals surface area contributed by atoms with Gasteiger partial charge in [0, 0.05) is 39.3 Å². The normalized spacial score (nSPS) is 10.8. The first kappa shape index (κ1) is 28.6. The Balaban J connectivity index is 0. The van der Waals surface area contributed by atoms with Crippen molar-refractivity contribution in [1.29, 1.82) is 0 Å². The Morgan fingerprint density at radius 2 is 0.846 bits per heavy atom. The maximum absolute atomic E-state index is 11.3. The number of amides is 3. The molecule has 0 aromatic heterocycles. The fourth-order valence-corrected chi connectivity index (χ4v) is 2.04. The molecule has 0 unspecified atom stereocenters. The molecule has 3 amide bonds. The van der Waals surface area contributed by atoms with Crippen LogP contribution in [0.4, 0.5) is 0 Å². The lowest BCUT2D eigenvalue weighted by Crippen LogP contribution is -2.44. The van der Waals surface area contributed by atoms with Gasteiger partial charge in [-0.1, -0.05) is 69.6 Å². The summed E-state index contributed by atoms with van der Waals surface area (Å²) in [4.78, 5) is 32.4. The molecule has 0 fully saturated rings. The van der Waals surface area contributed by atoms with E-state index in [0.29, 0.717) is 19.6 Å². The second-order valence-electron chi connectivity index (χ2n) is 4.62. The smallest absolute Gasteiger partial charge is 0.253 e. The predicted molar refractivity (Wildman–Crippen MR) is 109 cm³/mol. The Labute approximate surface area is 188 Å². The van der Waals surface area contributed by atoms with Crippen LogP contribution in [0.1, 0.15) is 0 Å². The van der Waals surface area contributed by atoms with Gasteiger partial charge in [0.25, 0.3) is 17.7 Å². The Hall–Kier alpha value is 0.400. The lowest BCUT2D eigenvalue weighted by atomic mass is 10.4. The molecule has 14 heteroatoms. The minimum Gasteiger partial charge on any atom is -0.352 e. The van der Waals surface area contributed by atoms with Crippen LogP contribution in [0.5, 0.6) is 0 Å². The zero-order valence-corrected chi connectivity index (χ0v) is 18.7. The van der Waals surface area contributed by atoms with Gasteiger partial charge in [-0.05, 0) is 0 Å². The molecule has 0 aliphatic rings. The molecule has 0 bridgehead atoms. The van der Waals surface area contributed by atoms with Gasteiger partial charge in [-0.25, -0.2) is 0 Å². The predicted octanol–water partition coefficient (Wildman–Crippen LogP) is 1.47. The number of carbonyl (C=O) groups is 3. The highest BCUT2D eigenvalue weighted by Gasteiger charge is 2.14. The first-order chi connectivity index (χ1) is 11.6. The summed E-state index contributed by atoms with van der Waals surface area (Å²) in [5, 5.41) is 7.63. The van der Waals surface area contributed by atoms with Gasteiger partial charge in [0.05, 0.1) is 0 Å². The molecule has 154 valence electrons. The van der Waals surface area contributed by atoms with E-state index in [1.165, 1.54) is 0 Å². The molecule has 0 spiro atoms. The fourth-order valence-electron chi connectivity index (χ4n) is 1.58. The van der Waals surface area contributed by atoms with Gasteiger partial charge in [-0.2, -0.15) is 0 Å². The maximum Gasteiger partial charge on any atom is 0.253 e. The molecular formula is C12H19Cl7N4O3. The van der Waals surface area contributed by atoms with Gasteiger partial charge >= 0.3 is 0 Å². The van der Waals surface area contributed by atoms with Crippen molar-refractivity contribution in [2.75, 3.05) is 39.3 Å². The Kier molecular flexibility index (Phi) is 18.0. The molecular weight excluding hydrogens is 496 g/mol.